The molecule has 10 nitrogen and oxygen atoms in total. The van der Waals surface area contributed by atoms with Crippen LogP contribution in [-0.4, -0.2) is 69.8 Å². The molecular formula is C21H18ClF3N6O4S. The summed E-state index contributed by atoms with van der Waals surface area (Å²) >= 11 is 7.12. The normalized spacial score (nSPS) is 24.4. The van der Waals surface area contributed by atoms with E-state index in [1.165, 1.54) is 28.0 Å². The van der Waals surface area contributed by atoms with Crippen molar-refractivity contribution in [3.8, 4) is 16.3 Å². The van der Waals surface area contributed by atoms with Gasteiger partial charge in [-0.1, -0.05) is 22.9 Å². The molecule has 5 atom stereocenters. The number of ether oxygens (including phenoxy) is 1. The summed E-state index contributed by atoms with van der Waals surface area (Å²) < 4.78 is 49.6. The van der Waals surface area contributed by atoms with Gasteiger partial charge >= 0.3 is 0 Å². The van der Waals surface area contributed by atoms with Gasteiger partial charge in [0.1, 0.15) is 40.6 Å². The van der Waals surface area contributed by atoms with Crippen molar-refractivity contribution in [2.24, 2.45) is 0 Å². The van der Waals surface area contributed by atoms with E-state index in [-0.39, 0.29) is 17.0 Å². The van der Waals surface area contributed by atoms with Crippen LogP contribution < -0.4 is 0 Å². The number of rotatable bonds is 5. The molecule has 36 heavy (non-hydrogen) atoms. The Morgan fingerprint density at radius 2 is 1.83 bits per heavy atom. The molecular weight excluding hydrogens is 525 g/mol. The maximum atomic E-state index is 13.7. The van der Waals surface area contributed by atoms with E-state index in [4.69, 9.17) is 16.3 Å². The summed E-state index contributed by atoms with van der Waals surface area (Å²) in [5, 5.41) is 40.8. The number of aliphatic hydroxyl groups is 3. The van der Waals surface area contributed by atoms with Gasteiger partial charge in [-0.3, -0.25) is 4.68 Å². The largest absolute Gasteiger partial charge is 0.394 e. The van der Waals surface area contributed by atoms with Crippen molar-refractivity contribution in [1.29, 1.82) is 0 Å². The van der Waals surface area contributed by atoms with E-state index in [2.05, 4.69) is 20.2 Å². The Morgan fingerprint density at radius 3 is 2.47 bits per heavy atom. The molecule has 5 rings (SSSR count). The Kier molecular flexibility index (Phi) is 6.57. The molecule has 3 N–H and O–H groups in total. The lowest BCUT2D eigenvalue weighted by molar-refractivity contribution is -0.210. The second-order valence-corrected chi connectivity index (χ2v) is 9.73. The fourth-order valence-electron chi connectivity index (χ4n) is 4.10. The third-order valence-electron chi connectivity index (χ3n) is 5.76. The van der Waals surface area contributed by atoms with Crippen molar-refractivity contribution >= 4 is 22.9 Å². The van der Waals surface area contributed by atoms with E-state index < -0.39 is 54.5 Å². The van der Waals surface area contributed by atoms with Gasteiger partial charge < -0.3 is 20.1 Å². The Balaban J connectivity index is 1.53. The van der Waals surface area contributed by atoms with E-state index in [1.807, 2.05) is 0 Å². The van der Waals surface area contributed by atoms with Crippen LogP contribution in [0, 0.1) is 24.4 Å². The highest BCUT2D eigenvalue weighted by atomic mass is 35.5. The van der Waals surface area contributed by atoms with Crippen LogP contribution in [0.2, 0.25) is 4.34 Å². The molecule has 0 aliphatic carbocycles. The summed E-state index contributed by atoms with van der Waals surface area (Å²) in [7, 11) is 0. The van der Waals surface area contributed by atoms with Gasteiger partial charge in [-0.15, -0.1) is 5.10 Å². The second-order valence-electron chi connectivity index (χ2n) is 8.09. The second kappa shape index (κ2) is 9.53. The molecule has 1 aliphatic heterocycles. The molecule has 0 radical (unpaired) electrons. The van der Waals surface area contributed by atoms with Crippen molar-refractivity contribution in [2.45, 2.75) is 37.4 Å². The topological polar surface area (TPSA) is 131 Å². The molecule has 1 fully saturated rings. The third-order valence-corrected chi connectivity index (χ3v) is 6.85. The number of benzene rings is 1. The molecule has 4 heterocycles. The number of aryl methyl sites for hydroxylation is 1. The molecule has 1 aromatic carbocycles. The Hall–Kier alpha value is -2.88. The summed E-state index contributed by atoms with van der Waals surface area (Å²) in [5.74, 6) is -3.85. The van der Waals surface area contributed by atoms with Crippen molar-refractivity contribution in [1.82, 2.24) is 29.5 Å². The zero-order valence-electron chi connectivity index (χ0n) is 18.3. The van der Waals surface area contributed by atoms with Crippen LogP contribution in [0.1, 0.15) is 23.8 Å². The molecule has 1 saturated heterocycles. The summed E-state index contributed by atoms with van der Waals surface area (Å²) in [6.45, 7) is 1.03. The average Bonchev–Trinajstić information content (AvgIpc) is 3.57. The van der Waals surface area contributed by atoms with Crippen LogP contribution in [0.5, 0.6) is 0 Å². The van der Waals surface area contributed by atoms with Crippen molar-refractivity contribution < 1.29 is 33.2 Å². The van der Waals surface area contributed by atoms with Gasteiger partial charge in [-0.2, -0.15) is 9.78 Å². The quantitative estimate of drug-likeness (QED) is 0.328. The fourth-order valence-corrected chi connectivity index (χ4v) is 4.96. The average molecular weight is 543 g/mol. The predicted molar refractivity (Wildman–Crippen MR) is 120 cm³/mol. The van der Waals surface area contributed by atoms with E-state index in [9.17, 15) is 28.5 Å². The van der Waals surface area contributed by atoms with Gasteiger partial charge in [-0.25, -0.2) is 23.1 Å². The zero-order chi connectivity index (χ0) is 25.7. The molecule has 0 spiro atoms. The van der Waals surface area contributed by atoms with E-state index in [0.29, 0.717) is 15.3 Å². The first kappa shape index (κ1) is 24.8. The van der Waals surface area contributed by atoms with Crippen molar-refractivity contribution in [3.05, 3.63) is 64.2 Å². The fraction of sp³-hybridized carbons (Fsp3) is 0.333. The maximum Gasteiger partial charge on any atom is 0.213 e. The van der Waals surface area contributed by atoms with Gasteiger partial charge in [0.05, 0.1) is 19.0 Å². The number of aliphatic hydroxyl groups excluding tert-OH is 3. The predicted octanol–water partition coefficient (Wildman–Crippen LogP) is 2.36. The monoisotopic (exact) mass is 542 g/mol. The smallest absolute Gasteiger partial charge is 0.213 e. The van der Waals surface area contributed by atoms with Crippen molar-refractivity contribution in [3.63, 3.8) is 0 Å². The third kappa shape index (κ3) is 4.29. The first-order valence-electron chi connectivity index (χ1n) is 10.5. The molecule has 0 saturated carbocycles. The minimum absolute atomic E-state index is 0.0000338. The summed E-state index contributed by atoms with van der Waals surface area (Å²) in [6.07, 6.45) is -1.23. The summed E-state index contributed by atoms with van der Waals surface area (Å²) in [6, 6.07) is 0.441. The molecule has 0 amide bonds. The summed E-state index contributed by atoms with van der Waals surface area (Å²) in [5.41, 5.74) is 0.201. The minimum Gasteiger partial charge on any atom is -0.394 e. The van der Waals surface area contributed by atoms with Crippen LogP contribution >= 0.6 is 22.9 Å². The van der Waals surface area contributed by atoms with E-state index in [0.717, 1.165) is 23.5 Å². The molecule has 3 aromatic heterocycles. The van der Waals surface area contributed by atoms with E-state index in [1.54, 1.807) is 6.92 Å². The van der Waals surface area contributed by atoms with E-state index >= 15 is 0 Å². The lowest BCUT2D eigenvalue weighted by Crippen LogP contribution is -2.53. The number of hydrogen-bond donors (Lipinski definition) is 3. The van der Waals surface area contributed by atoms with Gasteiger partial charge in [0.25, 0.3) is 0 Å². The highest BCUT2D eigenvalue weighted by Gasteiger charge is 2.48. The molecule has 4 aromatic rings. The molecule has 0 bridgehead atoms. The lowest BCUT2D eigenvalue weighted by atomic mass is 9.92. The number of nitrogens with zero attached hydrogens (tertiary/aromatic N) is 6. The Labute approximate surface area is 210 Å². The Morgan fingerprint density at radius 1 is 1.11 bits per heavy atom. The maximum absolute atomic E-state index is 13.7. The highest BCUT2D eigenvalue weighted by molar-refractivity contribution is 7.18. The zero-order valence-corrected chi connectivity index (χ0v) is 19.9. The standard InChI is InChI=1S/C21H18ClF3N6O4S/c1-8-28-20(31(29-8)21-26-5-14(22)36-21)19-18(34)16(17(33)13(7-32)35-19)30-6-10(4-27-30)9-2-11(23)15(25)12(24)3-9/h2-6,13,16-19,32-34H,7H2,1H3/t13?,16?,17-,18-,19+/m0/s1. The van der Waals surface area contributed by atoms with Gasteiger partial charge in [0.15, 0.2) is 23.3 Å². The first-order chi connectivity index (χ1) is 17.2. The number of aromatic nitrogens is 6. The first-order valence-corrected chi connectivity index (χ1v) is 11.7. The van der Waals surface area contributed by atoms with Crippen LogP contribution in [0.4, 0.5) is 13.2 Å². The van der Waals surface area contributed by atoms with Crippen LogP contribution in [0.3, 0.4) is 0 Å². The highest BCUT2D eigenvalue weighted by Crippen LogP contribution is 2.39. The minimum atomic E-state index is -1.60. The van der Waals surface area contributed by atoms with Gasteiger partial charge in [-0.05, 0) is 24.6 Å². The lowest BCUT2D eigenvalue weighted by Gasteiger charge is -2.41. The Bertz CT molecular complexity index is 1390. The summed E-state index contributed by atoms with van der Waals surface area (Å²) in [4.78, 5) is 8.53. The SMILES string of the molecule is Cc1nc([C@@H]2OC(CO)[C@H](O)C(n3cc(-c4cc(F)c(F)c(F)c4)cn3)[C@@H]2O)n(-c2ncc(Cl)s2)n1. The molecule has 15 heteroatoms. The molecule has 190 valence electrons. The number of hydrogen-bond acceptors (Lipinski definition) is 9. The number of halogens is 4. The molecule has 2 unspecified atom stereocenters. The van der Waals surface area contributed by atoms with Gasteiger partial charge in [0.2, 0.25) is 5.13 Å². The van der Waals surface area contributed by atoms with Crippen molar-refractivity contribution in [2.75, 3.05) is 6.61 Å². The van der Waals surface area contributed by atoms with Crippen LogP contribution in [0.25, 0.3) is 16.3 Å². The van der Waals surface area contributed by atoms with Crippen LogP contribution in [0.15, 0.2) is 30.7 Å². The van der Waals surface area contributed by atoms with Gasteiger partial charge in [0, 0.05) is 11.8 Å². The number of thiazole rings is 1. The molecule has 1 aliphatic rings. The van der Waals surface area contributed by atoms with Crippen LogP contribution in [-0.2, 0) is 4.74 Å².